The highest BCUT2D eigenvalue weighted by Crippen LogP contribution is 2.29. The van der Waals surface area contributed by atoms with E-state index in [2.05, 4.69) is 23.6 Å². The summed E-state index contributed by atoms with van der Waals surface area (Å²) in [5.41, 5.74) is 5.95. The van der Waals surface area contributed by atoms with Crippen LogP contribution < -0.4 is 15.4 Å². The monoisotopic (exact) mass is 460 g/mol. The third kappa shape index (κ3) is 4.96. The van der Waals surface area contributed by atoms with E-state index in [0.29, 0.717) is 17.2 Å². The first-order valence-corrected chi connectivity index (χ1v) is 11.3. The number of aromatic nitrogens is 2. The second-order valence-electron chi connectivity index (χ2n) is 8.17. The quantitative estimate of drug-likeness (QED) is 0.298. The smallest absolute Gasteiger partial charge is 0.255 e. The van der Waals surface area contributed by atoms with Gasteiger partial charge in [0, 0.05) is 27.9 Å². The van der Waals surface area contributed by atoms with Gasteiger partial charge in [0.05, 0.1) is 18.3 Å². The molecule has 0 bridgehead atoms. The molecule has 1 amide bonds. The lowest BCUT2D eigenvalue weighted by atomic mass is 10.0. The number of carbonyl (C=O) groups is 1. The number of carbonyl (C=O) groups excluding carboxylic acids is 1. The zero-order chi connectivity index (χ0) is 24.2. The molecule has 35 heavy (non-hydrogen) atoms. The second kappa shape index (κ2) is 9.65. The van der Waals surface area contributed by atoms with Crippen molar-refractivity contribution in [2.24, 2.45) is 0 Å². The van der Waals surface area contributed by atoms with E-state index in [1.165, 1.54) is 0 Å². The number of fused-ring (bicyclic) bond motifs is 1. The lowest BCUT2D eigenvalue weighted by molar-refractivity contribution is 0.102. The molecule has 0 aliphatic heterocycles. The van der Waals surface area contributed by atoms with Gasteiger partial charge in [-0.3, -0.25) is 4.79 Å². The molecule has 0 aliphatic rings. The van der Waals surface area contributed by atoms with Gasteiger partial charge in [0.15, 0.2) is 0 Å². The summed E-state index contributed by atoms with van der Waals surface area (Å²) in [7, 11) is 1.61. The first-order valence-electron chi connectivity index (χ1n) is 11.3. The van der Waals surface area contributed by atoms with Gasteiger partial charge in [-0.1, -0.05) is 42.0 Å². The normalized spacial score (nSPS) is 10.7. The average molecular weight is 461 g/mol. The lowest BCUT2D eigenvalue weighted by Crippen LogP contribution is -2.11. The van der Waals surface area contributed by atoms with Crippen molar-refractivity contribution >= 4 is 34.1 Å². The number of aryl methyl sites for hydroxylation is 1. The summed E-state index contributed by atoms with van der Waals surface area (Å²) in [5.74, 6) is 1.04. The van der Waals surface area contributed by atoms with Crippen LogP contribution in [-0.2, 0) is 0 Å². The van der Waals surface area contributed by atoms with E-state index in [4.69, 9.17) is 14.7 Å². The van der Waals surface area contributed by atoms with Gasteiger partial charge >= 0.3 is 0 Å². The van der Waals surface area contributed by atoms with Crippen LogP contribution in [0.3, 0.4) is 0 Å². The average Bonchev–Trinajstić information content (AvgIpc) is 2.90. The Morgan fingerprint density at radius 3 is 2.23 bits per heavy atom. The largest absolute Gasteiger partial charge is 0.497 e. The van der Waals surface area contributed by atoms with Crippen molar-refractivity contribution in [3.05, 3.63) is 108 Å². The number of hydrogen-bond acceptors (Lipinski definition) is 5. The summed E-state index contributed by atoms with van der Waals surface area (Å²) >= 11 is 0. The maximum absolute atomic E-state index is 12.6. The SMILES string of the molecule is COc1ccc(NC(=O)c2ccc(Nc3nc(-c4ccccc4)c4cc(C)ccc4n3)cc2)cc1. The topological polar surface area (TPSA) is 76.1 Å². The molecule has 6 nitrogen and oxygen atoms in total. The molecule has 0 radical (unpaired) electrons. The summed E-state index contributed by atoms with van der Waals surface area (Å²) in [6.07, 6.45) is 0. The van der Waals surface area contributed by atoms with Crippen LogP contribution in [0.5, 0.6) is 5.75 Å². The van der Waals surface area contributed by atoms with E-state index >= 15 is 0 Å². The predicted molar refractivity (Wildman–Crippen MR) is 140 cm³/mol. The van der Waals surface area contributed by atoms with Gasteiger partial charge < -0.3 is 15.4 Å². The van der Waals surface area contributed by atoms with Crippen molar-refractivity contribution < 1.29 is 9.53 Å². The van der Waals surface area contributed by atoms with Crippen LogP contribution in [0.4, 0.5) is 17.3 Å². The Hall–Kier alpha value is -4.71. The van der Waals surface area contributed by atoms with E-state index in [9.17, 15) is 4.79 Å². The Bertz CT molecular complexity index is 1480. The van der Waals surface area contributed by atoms with E-state index in [0.717, 1.165) is 39.2 Å². The third-order valence-electron chi connectivity index (χ3n) is 5.65. The molecule has 5 rings (SSSR count). The number of nitrogens with one attached hydrogen (secondary N) is 2. The Kier molecular flexibility index (Phi) is 6.09. The Morgan fingerprint density at radius 2 is 1.51 bits per heavy atom. The van der Waals surface area contributed by atoms with Crippen molar-refractivity contribution in [3.8, 4) is 17.0 Å². The highest BCUT2D eigenvalue weighted by Gasteiger charge is 2.11. The molecule has 2 N–H and O–H groups in total. The fourth-order valence-electron chi connectivity index (χ4n) is 3.83. The van der Waals surface area contributed by atoms with E-state index < -0.39 is 0 Å². The fraction of sp³-hybridized carbons (Fsp3) is 0.0690. The second-order valence-corrected chi connectivity index (χ2v) is 8.17. The van der Waals surface area contributed by atoms with Crippen LogP contribution in [0.25, 0.3) is 22.2 Å². The number of benzene rings is 4. The molecule has 0 saturated heterocycles. The van der Waals surface area contributed by atoms with Gasteiger partial charge in [-0.25, -0.2) is 9.97 Å². The van der Waals surface area contributed by atoms with E-state index in [-0.39, 0.29) is 5.91 Å². The first kappa shape index (κ1) is 22.1. The van der Waals surface area contributed by atoms with Gasteiger partial charge in [0.2, 0.25) is 5.95 Å². The summed E-state index contributed by atoms with van der Waals surface area (Å²) in [6, 6.07) is 30.7. The minimum Gasteiger partial charge on any atom is -0.497 e. The number of rotatable bonds is 6. The Morgan fingerprint density at radius 1 is 0.800 bits per heavy atom. The molecule has 6 heteroatoms. The molecule has 0 fully saturated rings. The van der Waals surface area contributed by atoms with Crippen LogP contribution in [0.1, 0.15) is 15.9 Å². The van der Waals surface area contributed by atoms with Gasteiger partial charge in [-0.15, -0.1) is 0 Å². The predicted octanol–water partition coefficient (Wildman–Crippen LogP) is 6.61. The number of nitrogens with zero attached hydrogens (tertiary/aromatic N) is 2. The molecule has 1 aromatic heterocycles. The molecule has 0 saturated carbocycles. The molecule has 0 unspecified atom stereocenters. The molecule has 5 aromatic rings. The van der Waals surface area contributed by atoms with Gasteiger partial charge in [0.1, 0.15) is 5.75 Å². The summed E-state index contributed by atoms with van der Waals surface area (Å²) in [6.45, 7) is 2.06. The van der Waals surface area contributed by atoms with Gasteiger partial charge in [-0.05, 0) is 67.6 Å². The highest BCUT2D eigenvalue weighted by atomic mass is 16.5. The third-order valence-corrected chi connectivity index (χ3v) is 5.65. The fourth-order valence-corrected chi connectivity index (χ4v) is 3.83. The summed E-state index contributed by atoms with van der Waals surface area (Å²) < 4.78 is 5.15. The number of ether oxygens (including phenoxy) is 1. The molecule has 0 spiro atoms. The van der Waals surface area contributed by atoms with Crippen LogP contribution in [0.15, 0.2) is 97.1 Å². The van der Waals surface area contributed by atoms with Gasteiger partial charge in [0.25, 0.3) is 5.91 Å². The maximum atomic E-state index is 12.6. The number of anilines is 3. The van der Waals surface area contributed by atoms with Crippen molar-refractivity contribution in [3.63, 3.8) is 0 Å². The summed E-state index contributed by atoms with van der Waals surface area (Å²) in [5, 5.41) is 7.18. The van der Waals surface area contributed by atoms with E-state index in [1.807, 2.05) is 54.6 Å². The van der Waals surface area contributed by atoms with Crippen LogP contribution in [0.2, 0.25) is 0 Å². The molecule has 0 aliphatic carbocycles. The van der Waals surface area contributed by atoms with Crippen molar-refractivity contribution in [1.82, 2.24) is 9.97 Å². The van der Waals surface area contributed by atoms with Crippen LogP contribution >= 0.6 is 0 Å². The Balaban J connectivity index is 1.38. The zero-order valence-corrected chi connectivity index (χ0v) is 19.4. The zero-order valence-electron chi connectivity index (χ0n) is 19.4. The van der Waals surface area contributed by atoms with E-state index in [1.54, 1.807) is 43.5 Å². The standard InChI is InChI=1S/C29H24N4O2/c1-19-8-17-26-25(18-19)27(20-6-4-3-5-7-20)33-29(32-26)31-23-11-9-21(10-12-23)28(34)30-22-13-15-24(35-2)16-14-22/h3-18H,1-2H3,(H,30,34)(H,31,32,33). The maximum Gasteiger partial charge on any atom is 0.255 e. The molecule has 0 atom stereocenters. The van der Waals surface area contributed by atoms with Crippen LogP contribution in [0, 0.1) is 6.92 Å². The molecule has 172 valence electrons. The minimum absolute atomic E-state index is 0.189. The minimum atomic E-state index is -0.189. The molecule has 1 heterocycles. The number of amides is 1. The van der Waals surface area contributed by atoms with Crippen molar-refractivity contribution in [2.75, 3.05) is 17.7 Å². The molecule has 4 aromatic carbocycles. The number of methoxy groups -OCH3 is 1. The van der Waals surface area contributed by atoms with Crippen molar-refractivity contribution in [2.45, 2.75) is 6.92 Å². The Labute approximate surface area is 203 Å². The number of hydrogen-bond donors (Lipinski definition) is 2. The lowest BCUT2D eigenvalue weighted by Gasteiger charge is -2.12. The van der Waals surface area contributed by atoms with Gasteiger partial charge in [-0.2, -0.15) is 0 Å². The summed E-state index contributed by atoms with van der Waals surface area (Å²) in [4.78, 5) is 22.2. The molecular formula is C29H24N4O2. The van der Waals surface area contributed by atoms with Crippen molar-refractivity contribution in [1.29, 1.82) is 0 Å². The molecular weight excluding hydrogens is 436 g/mol. The van der Waals surface area contributed by atoms with Crippen LogP contribution in [-0.4, -0.2) is 23.0 Å². The highest BCUT2D eigenvalue weighted by molar-refractivity contribution is 6.04. The first-order chi connectivity index (χ1) is 17.1.